The first kappa shape index (κ1) is 9.27. The molecule has 1 aromatic carbocycles. The first-order valence-electron chi connectivity index (χ1n) is 5.24. The van der Waals surface area contributed by atoms with Crippen LogP contribution in [-0.4, -0.2) is 0 Å². The first-order valence-corrected chi connectivity index (χ1v) is 5.24. The fraction of sp³-hybridized carbons (Fsp3) is 0.462. The topological polar surface area (TPSA) is 23.8 Å². The molecular weight excluding hydrogens is 170 g/mol. The lowest BCUT2D eigenvalue weighted by atomic mass is 9.81. The van der Waals surface area contributed by atoms with Gasteiger partial charge < -0.3 is 0 Å². The van der Waals surface area contributed by atoms with Crippen molar-refractivity contribution in [2.24, 2.45) is 5.92 Å². The molecule has 1 atom stereocenters. The minimum Gasteiger partial charge on any atom is -0.192 e. The molecule has 1 unspecified atom stereocenters. The van der Waals surface area contributed by atoms with Crippen molar-refractivity contribution < 1.29 is 0 Å². The predicted molar refractivity (Wildman–Crippen MR) is 57.1 cm³/mol. The first-order chi connectivity index (χ1) is 6.72. The second-order valence-corrected chi connectivity index (χ2v) is 4.34. The highest BCUT2D eigenvalue weighted by Gasteiger charge is 2.17. The second kappa shape index (κ2) is 3.46. The van der Waals surface area contributed by atoms with Gasteiger partial charge in [0.15, 0.2) is 0 Å². The van der Waals surface area contributed by atoms with Crippen molar-refractivity contribution >= 4 is 0 Å². The Morgan fingerprint density at radius 1 is 1.43 bits per heavy atom. The molecule has 2 rings (SSSR count). The van der Waals surface area contributed by atoms with Crippen LogP contribution >= 0.6 is 0 Å². The summed E-state index contributed by atoms with van der Waals surface area (Å²) in [5.74, 6) is 0.773. The van der Waals surface area contributed by atoms with Crippen LogP contribution in [0, 0.1) is 24.2 Å². The maximum Gasteiger partial charge on any atom is 0.0994 e. The maximum atomic E-state index is 8.94. The number of hydrogen-bond donors (Lipinski definition) is 0. The molecule has 0 fully saturated rings. The lowest BCUT2D eigenvalue weighted by molar-refractivity contribution is 0.499. The Bertz CT molecular complexity index is 398. The van der Waals surface area contributed by atoms with Crippen LogP contribution in [-0.2, 0) is 12.8 Å². The van der Waals surface area contributed by atoms with Gasteiger partial charge >= 0.3 is 0 Å². The van der Waals surface area contributed by atoms with E-state index in [2.05, 4.69) is 26.0 Å². The van der Waals surface area contributed by atoms with Crippen molar-refractivity contribution in [3.63, 3.8) is 0 Å². The van der Waals surface area contributed by atoms with Gasteiger partial charge in [0.05, 0.1) is 11.6 Å². The summed E-state index contributed by atoms with van der Waals surface area (Å²) in [7, 11) is 0. The molecule has 1 aliphatic rings. The summed E-state index contributed by atoms with van der Waals surface area (Å²) in [5.41, 5.74) is 4.94. The third kappa shape index (κ3) is 1.42. The second-order valence-electron chi connectivity index (χ2n) is 4.34. The summed E-state index contributed by atoms with van der Waals surface area (Å²) in [5, 5.41) is 8.94. The van der Waals surface area contributed by atoms with Crippen LogP contribution in [0.3, 0.4) is 0 Å². The largest absolute Gasteiger partial charge is 0.192 e. The van der Waals surface area contributed by atoms with Crippen LogP contribution in [0.1, 0.15) is 35.6 Å². The standard InChI is InChI=1S/C13H15N/c1-9-3-4-11-5-6-12(8-14)10(2)13(11)7-9/h5-6,9H,3-4,7H2,1-2H3. The van der Waals surface area contributed by atoms with Crippen LogP contribution in [0.2, 0.25) is 0 Å². The van der Waals surface area contributed by atoms with Gasteiger partial charge in [-0.05, 0) is 54.9 Å². The molecule has 1 aromatic rings. The number of rotatable bonds is 0. The molecule has 0 heterocycles. The Morgan fingerprint density at radius 2 is 2.21 bits per heavy atom. The zero-order chi connectivity index (χ0) is 10.1. The van der Waals surface area contributed by atoms with Crippen molar-refractivity contribution in [2.75, 3.05) is 0 Å². The molecule has 1 heteroatoms. The Balaban J connectivity index is 2.52. The van der Waals surface area contributed by atoms with Crippen molar-refractivity contribution in [1.29, 1.82) is 5.26 Å². The average Bonchev–Trinajstić information content (AvgIpc) is 2.20. The van der Waals surface area contributed by atoms with E-state index >= 15 is 0 Å². The lowest BCUT2D eigenvalue weighted by Crippen LogP contribution is -2.13. The number of hydrogen-bond acceptors (Lipinski definition) is 1. The minimum atomic E-state index is 0.773. The molecule has 0 saturated carbocycles. The van der Waals surface area contributed by atoms with Gasteiger partial charge in [0.2, 0.25) is 0 Å². The highest BCUT2D eigenvalue weighted by atomic mass is 14.3. The van der Waals surface area contributed by atoms with Gasteiger partial charge in [-0.15, -0.1) is 0 Å². The van der Waals surface area contributed by atoms with E-state index < -0.39 is 0 Å². The van der Waals surface area contributed by atoms with Gasteiger partial charge in [-0.3, -0.25) is 0 Å². The molecule has 1 nitrogen and oxygen atoms in total. The van der Waals surface area contributed by atoms with Gasteiger partial charge in [-0.1, -0.05) is 13.0 Å². The van der Waals surface area contributed by atoms with Crippen LogP contribution in [0.15, 0.2) is 12.1 Å². The number of nitrogens with zero attached hydrogens (tertiary/aromatic N) is 1. The summed E-state index contributed by atoms with van der Waals surface area (Å²) in [4.78, 5) is 0. The Kier molecular flexibility index (Phi) is 2.29. The number of nitriles is 1. The highest BCUT2D eigenvalue weighted by Crippen LogP contribution is 2.29. The minimum absolute atomic E-state index is 0.773. The molecule has 0 amide bonds. The van der Waals surface area contributed by atoms with Crippen LogP contribution in [0.25, 0.3) is 0 Å². The van der Waals surface area contributed by atoms with Gasteiger partial charge in [0, 0.05) is 0 Å². The summed E-state index contributed by atoms with van der Waals surface area (Å²) in [6, 6.07) is 6.35. The maximum absolute atomic E-state index is 8.94. The van der Waals surface area contributed by atoms with E-state index in [-0.39, 0.29) is 0 Å². The van der Waals surface area contributed by atoms with Crippen LogP contribution in [0.5, 0.6) is 0 Å². The summed E-state index contributed by atoms with van der Waals surface area (Å²) in [6.45, 7) is 4.37. The number of benzene rings is 1. The Hall–Kier alpha value is -1.29. The fourth-order valence-electron chi connectivity index (χ4n) is 2.30. The molecule has 0 saturated heterocycles. The molecule has 0 radical (unpaired) electrons. The van der Waals surface area contributed by atoms with E-state index in [1.54, 1.807) is 0 Å². The summed E-state index contributed by atoms with van der Waals surface area (Å²) < 4.78 is 0. The van der Waals surface area contributed by atoms with E-state index in [0.717, 1.165) is 17.9 Å². The Morgan fingerprint density at radius 3 is 2.93 bits per heavy atom. The molecule has 1 aliphatic carbocycles. The zero-order valence-electron chi connectivity index (χ0n) is 8.80. The van der Waals surface area contributed by atoms with Gasteiger partial charge in [-0.2, -0.15) is 5.26 Å². The molecule has 0 aromatic heterocycles. The van der Waals surface area contributed by atoms with Gasteiger partial charge in [0.25, 0.3) is 0 Å². The molecule has 0 N–H and O–H groups in total. The highest BCUT2D eigenvalue weighted by molar-refractivity contribution is 5.47. The fourth-order valence-corrected chi connectivity index (χ4v) is 2.30. The average molecular weight is 185 g/mol. The molecular formula is C13H15N. The number of aryl methyl sites for hydroxylation is 1. The van der Waals surface area contributed by atoms with Gasteiger partial charge in [-0.25, -0.2) is 0 Å². The van der Waals surface area contributed by atoms with E-state index in [1.165, 1.54) is 29.5 Å². The van der Waals surface area contributed by atoms with E-state index in [1.807, 2.05) is 6.07 Å². The predicted octanol–water partition coefficient (Wildman–Crippen LogP) is 2.99. The van der Waals surface area contributed by atoms with Crippen LogP contribution in [0.4, 0.5) is 0 Å². The van der Waals surface area contributed by atoms with Crippen LogP contribution < -0.4 is 0 Å². The molecule has 0 bridgehead atoms. The Labute approximate surface area is 85.4 Å². The third-order valence-corrected chi connectivity index (χ3v) is 3.27. The third-order valence-electron chi connectivity index (χ3n) is 3.27. The van der Waals surface area contributed by atoms with E-state index in [9.17, 15) is 0 Å². The quantitative estimate of drug-likeness (QED) is 0.609. The smallest absolute Gasteiger partial charge is 0.0994 e. The van der Waals surface area contributed by atoms with E-state index in [4.69, 9.17) is 5.26 Å². The lowest BCUT2D eigenvalue weighted by Gasteiger charge is -2.23. The summed E-state index contributed by atoms with van der Waals surface area (Å²) >= 11 is 0. The van der Waals surface area contributed by atoms with Crippen molar-refractivity contribution in [2.45, 2.75) is 33.1 Å². The van der Waals surface area contributed by atoms with Crippen molar-refractivity contribution in [3.05, 3.63) is 34.4 Å². The summed E-state index contributed by atoms with van der Waals surface area (Å²) in [6.07, 6.45) is 3.62. The van der Waals surface area contributed by atoms with Crippen molar-refractivity contribution in [3.8, 4) is 6.07 Å². The SMILES string of the molecule is Cc1c(C#N)ccc2c1CC(C)CC2. The van der Waals surface area contributed by atoms with Gasteiger partial charge in [0.1, 0.15) is 0 Å². The molecule has 72 valence electrons. The normalized spacial score (nSPS) is 19.9. The van der Waals surface area contributed by atoms with Crippen molar-refractivity contribution in [1.82, 2.24) is 0 Å². The molecule has 0 aliphatic heterocycles. The molecule has 0 spiro atoms. The number of fused-ring (bicyclic) bond motifs is 1. The monoisotopic (exact) mass is 185 g/mol. The van der Waals surface area contributed by atoms with E-state index in [0.29, 0.717) is 0 Å². The zero-order valence-corrected chi connectivity index (χ0v) is 8.80. The molecule has 14 heavy (non-hydrogen) atoms.